The molecule has 0 aliphatic carbocycles. The van der Waals surface area contributed by atoms with Crippen molar-refractivity contribution in [1.82, 2.24) is 24.8 Å². The molecule has 1 saturated heterocycles. The highest BCUT2D eigenvalue weighted by Gasteiger charge is 2.28. The summed E-state index contributed by atoms with van der Waals surface area (Å²) in [5.41, 5.74) is 1.93. The standard InChI is InChI=1S/C17H23N5O3S/c1-26(24,25)22-11-3-2-4-14(22)7-10-19-17(23)16-12-15(20-21-16)13-5-8-18-9-6-13/h5-6,8-9,12,14H,2-4,7,10-11H2,1H3,(H,19,23)(H,20,21)/t14-/m1/s1. The fourth-order valence-corrected chi connectivity index (χ4v) is 4.47. The average molecular weight is 377 g/mol. The van der Waals surface area contributed by atoms with E-state index in [-0.39, 0.29) is 11.9 Å². The van der Waals surface area contributed by atoms with Crippen molar-refractivity contribution in [3.63, 3.8) is 0 Å². The lowest BCUT2D eigenvalue weighted by molar-refractivity contribution is 0.0944. The van der Waals surface area contributed by atoms with Gasteiger partial charge in [-0.05, 0) is 37.5 Å². The number of aromatic nitrogens is 3. The van der Waals surface area contributed by atoms with Crippen LogP contribution >= 0.6 is 0 Å². The van der Waals surface area contributed by atoms with Crippen molar-refractivity contribution in [2.75, 3.05) is 19.3 Å². The number of nitrogens with zero attached hydrogens (tertiary/aromatic N) is 3. The largest absolute Gasteiger partial charge is 0.351 e. The number of sulfonamides is 1. The third kappa shape index (κ3) is 4.47. The van der Waals surface area contributed by atoms with Crippen molar-refractivity contribution < 1.29 is 13.2 Å². The number of aromatic amines is 1. The average Bonchev–Trinajstić information content (AvgIpc) is 3.12. The van der Waals surface area contributed by atoms with Gasteiger partial charge in [-0.1, -0.05) is 6.42 Å². The second-order valence-corrected chi connectivity index (χ2v) is 8.41. The van der Waals surface area contributed by atoms with E-state index in [0.717, 1.165) is 24.8 Å². The van der Waals surface area contributed by atoms with E-state index in [1.54, 1.807) is 22.8 Å². The summed E-state index contributed by atoms with van der Waals surface area (Å²) in [6.45, 7) is 0.979. The number of carbonyl (C=O) groups excluding carboxylic acids is 1. The van der Waals surface area contributed by atoms with Crippen LogP contribution in [0.5, 0.6) is 0 Å². The molecule has 1 atom stereocenters. The Balaban J connectivity index is 1.55. The van der Waals surface area contributed by atoms with Crippen LogP contribution < -0.4 is 5.32 Å². The van der Waals surface area contributed by atoms with Gasteiger partial charge in [0.15, 0.2) is 0 Å². The summed E-state index contributed by atoms with van der Waals surface area (Å²) < 4.78 is 25.3. The molecule has 2 N–H and O–H groups in total. The maximum atomic E-state index is 12.3. The van der Waals surface area contributed by atoms with Gasteiger partial charge in [0.1, 0.15) is 5.69 Å². The number of hydrogen-bond donors (Lipinski definition) is 2. The fraction of sp³-hybridized carbons (Fsp3) is 0.471. The first-order valence-electron chi connectivity index (χ1n) is 8.66. The molecule has 2 aromatic rings. The molecule has 1 fully saturated rings. The maximum Gasteiger partial charge on any atom is 0.269 e. The topological polar surface area (TPSA) is 108 Å². The van der Waals surface area contributed by atoms with Crippen molar-refractivity contribution in [2.24, 2.45) is 0 Å². The molecule has 1 amide bonds. The fourth-order valence-electron chi connectivity index (χ4n) is 3.26. The van der Waals surface area contributed by atoms with Gasteiger partial charge in [0.25, 0.3) is 5.91 Å². The monoisotopic (exact) mass is 377 g/mol. The second kappa shape index (κ2) is 7.96. The SMILES string of the molecule is CS(=O)(=O)N1CCCC[C@@H]1CCNC(=O)c1cc(-c2ccncc2)n[nH]1. The Morgan fingerprint density at radius 2 is 2.12 bits per heavy atom. The Bertz CT molecular complexity index is 850. The van der Waals surface area contributed by atoms with Crippen LogP contribution in [0, 0.1) is 0 Å². The number of H-pyrrole nitrogens is 1. The van der Waals surface area contributed by atoms with E-state index in [2.05, 4.69) is 20.5 Å². The zero-order valence-electron chi connectivity index (χ0n) is 14.7. The number of rotatable bonds is 6. The van der Waals surface area contributed by atoms with Gasteiger partial charge in [-0.2, -0.15) is 9.40 Å². The lowest BCUT2D eigenvalue weighted by atomic mass is 10.0. The lowest BCUT2D eigenvalue weighted by Gasteiger charge is -2.33. The molecule has 2 aromatic heterocycles. The van der Waals surface area contributed by atoms with Crippen molar-refractivity contribution >= 4 is 15.9 Å². The Hall–Kier alpha value is -2.26. The van der Waals surface area contributed by atoms with Crippen molar-refractivity contribution in [3.05, 3.63) is 36.3 Å². The number of piperidine rings is 1. The predicted octanol–water partition coefficient (Wildman–Crippen LogP) is 1.41. The Morgan fingerprint density at radius 3 is 2.85 bits per heavy atom. The highest BCUT2D eigenvalue weighted by molar-refractivity contribution is 7.88. The Morgan fingerprint density at radius 1 is 1.35 bits per heavy atom. The molecule has 0 unspecified atom stereocenters. The molecular weight excluding hydrogens is 354 g/mol. The maximum absolute atomic E-state index is 12.3. The summed E-state index contributed by atoms with van der Waals surface area (Å²) in [4.78, 5) is 16.2. The van der Waals surface area contributed by atoms with E-state index in [9.17, 15) is 13.2 Å². The number of hydrogen-bond acceptors (Lipinski definition) is 5. The third-order valence-electron chi connectivity index (χ3n) is 4.56. The number of nitrogens with one attached hydrogen (secondary N) is 2. The summed E-state index contributed by atoms with van der Waals surface area (Å²) in [5, 5.41) is 9.72. The van der Waals surface area contributed by atoms with Gasteiger partial charge in [0.2, 0.25) is 10.0 Å². The van der Waals surface area contributed by atoms with Crippen LogP contribution in [0.2, 0.25) is 0 Å². The van der Waals surface area contributed by atoms with Crippen LogP contribution in [0.25, 0.3) is 11.3 Å². The van der Waals surface area contributed by atoms with Gasteiger partial charge in [-0.3, -0.25) is 14.9 Å². The van der Waals surface area contributed by atoms with Gasteiger partial charge in [-0.15, -0.1) is 0 Å². The minimum Gasteiger partial charge on any atom is -0.351 e. The Labute approximate surface area is 153 Å². The molecule has 0 spiro atoms. The summed E-state index contributed by atoms with van der Waals surface area (Å²) >= 11 is 0. The van der Waals surface area contributed by atoms with Crippen LogP contribution in [0.4, 0.5) is 0 Å². The summed E-state index contributed by atoms with van der Waals surface area (Å²) in [5.74, 6) is -0.250. The molecule has 0 bridgehead atoms. The predicted molar refractivity (Wildman–Crippen MR) is 98.0 cm³/mol. The summed E-state index contributed by atoms with van der Waals surface area (Å²) in [6.07, 6.45) is 7.92. The van der Waals surface area contributed by atoms with E-state index < -0.39 is 10.0 Å². The van der Waals surface area contributed by atoms with Gasteiger partial charge in [0, 0.05) is 37.1 Å². The zero-order chi connectivity index (χ0) is 18.6. The number of amides is 1. The minimum atomic E-state index is -3.21. The Kier molecular flexibility index (Phi) is 5.67. The smallest absolute Gasteiger partial charge is 0.269 e. The van der Waals surface area contributed by atoms with Gasteiger partial charge in [-0.25, -0.2) is 8.42 Å². The van der Waals surface area contributed by atoms with Crippen molar-refractivity contribution in [1.29, 1.82) is 0 Å². The minimum absolute atomic E-state index is 0.0480. The van der Waals surface area contributed by atoms with Gasteiger partial charge < -0.3 is 5.32 Å². The second-order valence-electron chi connectivity index (χ2n) is 6.47. The van der Waals surface area contributed by atoms with Crippen LogP contribution in [0.1, 0.15) is 36.2 Å². The summed E-state index contributed by atoms with van der Waals surface area (Å²) in [6, 6.07) is 5.28. The molecule has 1 aliphatic rings. The first-order chi connectivity index (χ1) is 12.4. The van der Waals surface area contributed by atoms with Crippen LogP contribution in [0.15, 0.2) is 30.6 Å². The summed E-state index contributed by atoms with van der Waals surface area (Å²) in [7, 11) is -3.21. The molecule has 9 heteroatoms. The first-order valence-corrected chi connectivity index (χ1v) is 10.5. The molecule has 3 heterocycles. The molecule has 0 aromatic carbocycles. The zero-order valence-corrected chi connectivity index (χ0v) is 15.5. The third-order valence-corrected chi connectivity index (χ3v) is 5.89. The molecule has 0 saturated carbocycles. The van der Waals surface area contributed by atoms with Gasteiger partial charge in [0.05, 0.1) is 11.9 Å². The normalized spacial score (nSPS) is 18.6. The molecule has 3 rings (SSSR count). The molecule has 0 radical (unpaired) electrons. The number of pyridine rings is 1. The van der Waals surface area contributed by atoms with Gasteiger partial charge >= 0.3 is 0 Å². The quantitative estimate of drug-likeness (QED) is 0.791. The van der Waals surface area contributed by atoms with E-state index in [1.165, 1.54) is 6.26 Å². The first kappa shape index (κ1) is 18.5. The molecular formula is C17H23N5O3S. The van der Waals surface area contributed by atoms with E-state index in [4.69, 9.17) is 0 Å². The van der Waals surface area contributed by atoms with E-state index in [0.29, 0.717) is 30.9 Å². The number of carbonyl (C=O) groups is 1. The highest BCUT2D eigenvalue weighted by atomic mass is 32.2. The van der Waals surface area contributed by atoms with Crippen LogP contribution in [-0.2, 0) is 10.0 Å². The van der Waals surface area contributed by atoms with Crippen molar-refractivity contribution in [2.45, 2.75) is 31.7 Å². The van der Waals surface area contributed by atoms with Crippen LogP contribution in [-0.4, -0.2) is 59.2 Å². The molecule has 26 heavy (non-hydrogen) atoms. The van der Waals surface area contributed by atoms with Crippen LogP contribution in [0.3, 0.4) is 0 Å². The molecule has 8 nitrogen and oxygen atoms in total. The lowest BCUT2D eigenvalue weighted by Crippen LogP contribution is -2.44. The van der Waals surface area contributed by atoms with Crippen molar-refractivity contribution in [3.8, 4) is 11.3 Å². The van der Waals surface area contributed by atoms with E-state index >= 15 is 0 Å². The van der Waals surface area contributed by atoms with E-state index in [1.807, 2.05) is 12.1 Å². The molecule has 140 valence electrons. The molecule has 1 aliphatic heterocycles. The highest BCUT2D eigenvalue weighted by Crippen LogP contribution is 2.22.